The summed E-state index contributed by atoms with van der Waals surface area (Å²) >= 11 is 0. The van der Waals surface area contributed by atoms with Crippen LogP contribution in [0, 0.1) is 0 Å². The van der Waals surface area contributed by atoms with Crippen LogP contribution in [0.15, 0.2) is 54.3 Å². The van der Waals surface area contributed by atoms with E-state index in [0.29, 0.717) is 0 Å². The van der Waals surface area contributed by atoms with Crippen molar-refractivity contribution in [1.29, 1.82) is 0 Å². The minimum atomic E-state index is -0.464. The largest absolute Gasteiger partial charge is 0.399 e. The van der Waals surface area contributed by atoms with E-state index in [9.17, 15) is 0 Å². The van der Waals surface area contributed by atoms with E-state index in [1.54, 1.807) is 0 Å². The lowest BCUT2D eigenvalue weighted by Gasteiger charge is -2.33. The van der Waals surface area contributed by atoms with Gasteiger partial charge in [0, 0.05) is 11.4 Å². The Bertz CT molecular complexity index is 418. The highest BCUT2D eigenvalue weighted by Gasteiger charge is 2.28. The molecule has 0 aliphatic heterocycles. The summed E-state index contributed by atoms with van der Waals surface area (Å²) in [4.78, 5) is 0. The van der Waals surface area contributed by atoms with E-state index in [1.165, 1.54) is 0 Å². The van der Waals surface area contributed by atoms with Crippen LogP contribution >= 0.6 is 0 Å². The van der Waals surface area contributed by atoms with Crippen molar-refractivity contribution in [2.24, 2.45) is 11.5 Å². The first-order valence-electron chi connectivity index (χ1n) is 5.35. The number of anilines is 1. The quantitative estimate of drug-likeness (QED) is 0.702. The molecule has 1 aromatic carbocycles. The van der Waals surface area contributed by atoms with Crippen molar-refractivity contribution in [1.82, 2.24) is 0 Å². The molecule has 0 saturated heterocycles. The molecule has 2 rings (SSSR count). The lowest BCUT2D eigenvalue weighted by molar-refractivity contribution is 0.535. The molecule has 2 unspecified atom stereocenters. The minimum Gasteiger partial charge on any atom is -0.399 e. The highest BCUT2D eigenvalue weighted by atomic mass is 15.0. The van der Waals surface area contributed by atoms with Crippen LogP contribution in [0.5, 0.6) is 0 Å². The zero-order valence-corrected chi connectivity index (χ0v) is 9.35. The Morgan fingerprint density at radius 1 is 1.25 bits per heavy atom. The van der Waals surface area contributed by atoms with Crippen LogP contribution in [-0.4, -0.2) is 11.6 Å². The molecule has 0 bridgehead atoms. The molecular formula is C13H17N3. The molecular weight excluding hydrogens is 198 g/mol. The van der Waals surface area contributed by atoms with Crippen molar-refractivity contribution in [2.45, 2.75) is 18.5 Å². The maximum Gasteiger partial charge on any atom is 0.0662 e. The fraction of sp³-hybridized carbons (Fsp3) is 0.231. The van der Waals surface area contributed by atoms with Crippen LogP contribution in [0.3, 0.4) is 0 Å². The molecule has 0 amide bonds. The fourth-order valence-corrected chi connectivity index (χ4v) is 1.83. The Morgan fingerprint density at radius 2 is 1.94 bits per heavy atom. The predicted molar refractivity (Wildman–Crippen MR) is 67.9 cm³/mol. The van der Waals surface area contributed by atoms with Crippen LogP contribution in [0.2, 0.25) is 0 Å². The summed E-state index contributed by atoms with van der Waals surface area (Å²) in [7, 11) is 0. The maximum absolute atomic E-state index is 6.19. The Morgan fingerprint density at radius 3 is 2.56 bits per heavy atom. The van der Waals surface area contributed by atoms with Gasteiger partial charge in [-0.3, -0.25) is 0 Å². The van der Waals surface area contributed by atoms with Crippen LogP contribution in [0.1, 0.15) is 6.92 Å². The van der Waals surface area contributed by atoms with Gasteiger partial charge >= 0.3 is 0 Å². The number of allylic oxidation sites excluding steroid dienone is 1. The Hall–Kier alpha value is -1.74. The van der Waals surface area contributed by atoms with Crippen LogP contribution in [0.25, 0.3) is 0 Å². The standard InChI is InChI=1S/C13H17N3/c1-13(15)9-10(14)7-8-12(13)16-11-5-3-2-4-6-11/h2-9,12,16H,14-15H2,1H3. The van der Waals surface area contributed by atoms with Gasteiger partial charge in [0.25, 0.3) is 0 Å². The molecule has 0 fully saturated rings. The summed E-state index contributed by atoms with van der Waals surface area (Å²) < 4.78 is 0. The van der Waals surface area contributed by atoms with Crippen molar-refractivity contribution in [3.63, 3.8) is 0 Å². The summed E-state index contributed by atoms with van der Waals surface area (Å²) in [5.41, 5.74) is 13.2. The SMILES string of the molecule is CC1(N)C=C(N)C=CC1Nc1ccccc1. The number of benzene rings is 1. The van der Waals surface area contributed by atoms with E-state index in [-0.39, 0.29) is 6.04 Å². The van der Waals surface area contributed by atoms with E-state index < -0.39 is 5.54 Å². The molecule has 16 heavy (non-hydrogen) atoms. The second kappa shape index (κ2) is 4.02. The number of hydrogen-bond acceptors (Lipinski definition) is 3. The first kappa shape index (κ1) is 10.8. The zero-order valence-electron chi connectivity index (χ0n) is 9.35. The van der Waals surface area contributed by atoms with Crippen LogP contribution in [0.4, 0.5) is 5.69 Å². The molecule has 3 nitrogen and oxygen atoms in total. The molecule has 0 saturated carbocycles. The summed E-state index contributed by atoms with van der Waals surface area (Å²) in [6.45, 7) is 1.96. The summed E-state index contributed by atoms with van der Waals surface area (Å²) in [6, 6.07) is 10.1. The predicted octanol–water partition coefficient (Wildman–Crippen LogP) is 1.60. The second-order valence-electron chi connectivity index (χ2n) is 4.36. The molecule has 84 valence electrons. The number of rotatable bonds is 2. The Balaban J connectivity index is 2.15. The van der Waals surface area contributed by atoms with Crippen LogP contribution in [-0.2, 0) is 0 Å². The average Bonchev–Trinajstić information content (AvgIpc) is 2.23. The second-order valence-corrected chi connectivity index (χ2v) is 4.36. The van der Waals surface area contributed by atoms with Crippen LogP contribution < -0.4 is 16.8 Å². The van der Waals surface area contributed by atoms with E-state index in [4.69, 9.17) is 11.5 Å². The maximum atomic E-state index is 6.19. The molecule has 3 heteroatoms. The van der Waals surface area contributed by atoms with Crippen molar-refractivity contribution >= 4 is 5.69 Å². The normalized spacial score (nSPS) is 28.6. The third-order valence-corrected chi connectivity index (χ3v) is 2.72. The molecule has 5 N–H and O–H groups in total. The van der Waals surface area contributed by atoms with Gasteiger partial charge in [-0.05, 0) is 31.2 Å². The van der Waals surface area contributed by atoms with E-state index in [2.05, 4.69) is 5.32 Å². The third kappa shape index (κ3) is 2.25. The molecule has 0 heterocycles. The van der Waals surface area contributed by atoms with Gasteiger partial charge in [0.05, 0.1) is 11.6 Å². The molecule has 0 aromatic heterocycles. The number of nitrogens with one attached hydrogen (secondary N) is 1. The van der Waals surface area contributed by atoms with Crippen molar-refractivity contribution < 1.29 is 0 Å². The highest BCUT2D eigenvalue weighted by Crippen LogP contribution is 2.21. The molecule has 0 radical (unpaired) electrons. The van der Waals surface area contributed by atoms with Crippen molar-refractivity contribution in [3.05, 3.63) is 54.3 Å². The lowest BCUT2D eigenvalue weighted by Crippen LogP contribution is -2.51. The Kier molecular flexibility index (Phi) is 2.71. The molecule has 1 aromatic rings. The monoisotopic (exact) mass is 215 g/mol. The van der Waals surface area contributed by atoms with Gasteiger partial charge in [-0.25, -0.2) is 0 Å². The first-order chi connectivity index (χ1) is 7.58. The summed E-state index contributed by atoms with van der Waals surface area (Å²) in [5, 5.41) is 3.38. The smallest absolute Gasteiger partial charge is 0.0662 e. The fourth-order valence-electron chi connectivity index (χ4n) is 1.83. The van der Waals surface area contributed by atoms with Gasteiger partial charge in [-0.2, -0.15) is 0 Å². The van der Waals surface area contributed by atoms with E-state index in [0.717, 1.165) is 11.4 Å². The molecule has 0 spiro atoms. The summed E-state index contributed by atoms with van der Waals surface area (Å²) in [6.07, 6.45) is 5.77. The Labute approximate surface area is 95.8 Å². The number of nitrogens with two attached hydrogens (primary N) is 2. The molecule has 1 aliphatic rings. The van der Waals surface area contributed by atoms with Gasteiger partial charge in [0.15, 0.2) is 0 Å². The average molecular weight is 215 g/mol. The minimum absolute atomic E-state index is 0.0576. The topological polar surface area (TPSA) is 64.1 Å². The zero-order chi connectivity index (χ0) is 11.6. The first-order valence-corrected chi connectivity index (χ1v) is 5.35. The molecule has 2 atom stereocenters. The van der Waals surface area contributed by atoms with Gasteiger partial charge < -0.3 is 16.8 Å². The number of para-hydroxylation sites is 1. The third-order valence-electron chi connectivity index (χ3n) is 2.72. The summed E-state index contributed by atoms with van der Waals surface area (Å²) in [5.74, 6) is 0. The lowest BCUT2D eigenvalue weighted by atomic mass is 9.88. The highest BCUT2D eigenvalue weighted by molar-refractivity contribution is 5.48. The van der Waals surface area contributed by atoms with E-state index in [1.807, 2.05) is 55.5 Å². The van der Waals surface area contributed by atoms with Gasteiger partial charge in [0.2, 0.25) is 0 Å². The molecule has 1 aliphatic carbocycles. The number of hydrogen-bond donors (Lipinski definition) is 3. The van der Waals surface area contributed by atoms with E-state index >= 15 is 0 Å². The van der Waals surface area contributed by atoms with Gasteiger partial charge in [-0.15, -0.1) is 0 Å². The van der Waals surface area contributed by atoms with Gasteiger partial charge in [-0.1, -0.05) is 24.3 Å². The van der Waals surface area contributed by atoms with Crippen molar-refractivity contribution in [2.75, 3.05) is 5.32 Å². The van der Waals surface area contributed by atoms with Crippen molar-refractivity contribution in [3.8, 4) is 0 Å². The van der Waals surface area contributed by atoms with Gasteiger partial charge in [0.1, 0.15) is 0 Å².